The highest BCUT2D eigenvalue weighted by Crippen LogP contribution is 2.45. The lowest BCUT2D eigenvalue weighted by Gasteiger charge is -2.31. The third kappa shape index (κ3) is 3.81. The van der Waals surface area contributed by atoms with Crippen LogP contribution in [0.5, 0.6) is 0 Å². The van der Waals surface area contributed by atoms with Gasteiger partial charge in [0.1, 0.15) is 12.4 Å². The molecule has 0 spiro atoms. The van der Waals surface area contributed by atoms with Gasteiger partial charge in [-0.3, -0.25) is 9.59 Å². The fraction of sp³-hybridized carbons (Fsp3) is 0.429. The Hall–Kier alpha value is -3.28. The van der Waals surface area contributed by atoms with Crippen LogP contribution >= 0.6 is 12.0 Å². The zero-order valence-electron chi connectivity index (χ0n) is 21.6. The number of carbonyl (C=O) groups is 2. The topological polar surface area (TPSA) is 131 Å². The molecule has 0 unspecified atom stereocenters. The number of pyridine rings is 2. The van der Waals surface area contributed by atoms with Crippen molar-refractivity contribution in [2.75, 3.05) is 5.75 Å². The minimum atomic E-state index is -1.95. The quantitative estimate of drug-likeness (QED) is 0.188. The molecule has 1 amide bonds. The van der Waals surface area contributed by atoms with Gasteiger partial charge in [0.05, 0.1) is 35.1 Å². The third-order valence-corrected chi connectivity index (χ3v) is 8.82. The number of fused-ring (bicyclic) bond motifs is 5. The number of nitrogens with zero attached hydrogens (tertiary/aromatic N) is 2. The Morgan fingerprint density at radius 3 is 2.85 bits per heavy atom. The molecule has 0 saturated heterocycles. The van der Waals surface area contributed by atoms with Crippen molar-refractivity contribution in [3.05, 3.63) is 61.7 Å². The van der Waals surface area contributed by atoms with Crippen molar-refractivity contribution in [3.8, 4) is 11.4 Å². The zero-order chi connectivity index (χ0) is 27.6. The molecule has 0 fully saturated rings. The lowest BCUT2D eigenvalue weighted by molar-refractivity contribution is -0.172. The third-order valence-electron chi connectivity index (χ3n) is 8.35. The van der Waals surface area contributed by atoms with Crippen LogP contribution in [0.2, 0.25) is 0 Å². The van der Waals surface area contributed by atoms with Gasteiger partial charge in [-0.05, 0) is 67.4 Å². The number of esters is 1. The van der Waals surface area contributed by atoms with Crippen molar-refractivity contribution in [2.45, 2.75) is 70.7 Å². The molecule has 0 bridgehead atoms. The van der Waals surface area contributed by atoms with Crippen LogP contribution in [0.15, 0.2) is 16.9 Å². The number of hydrogen-bond donors (Lipinski definition) is 3. The Bertz CT molecular complexity index is 1640. The van der Waals surface area contributed by atoms with Gasteiger partial charge < -0.3 is 24.3 Å². The molecular formula is C28H28FN3O6S. The summed E-state index contributed by atoms with van der Waals surface area (Å²) in [7, 11) is 0. The Morgan fingerprint density at radius 1 is 1.31 bits per heavy atom. The molecule has 2 atom stereocenters. The largest absolute Gasteiger partial charge is 0.458 e. The smallest absolute Gasteiger partial charge is 0.343 e. The van der Waals surface area contributed by atoms with Crippen molar-refractivity contribution >= 4 is 34.8 Å². The minimum absolute atomic E-state index is 0.0295. The summed E-state index contributed by atoms with van der Waals surface area (Å²) in [4.78, 5) is 43.8. The molecule has 3 aromatic rings. The van der Waals surface area contributed by atoms with Gasteiger partial charge >= 0.3 is 5.97 Å². The summed E-state index contributed by atoms with van der Waals surface area (Å²) in [6.45, 7) is 3.34. The first-order valence-corrected chi connectivity index (χ1v) is 14.0. The number of aliphatic hydroxyl groups is 1. The van der Waals surface area contributed by atoms with Gasteiger partial charge in [-0.15, -0.1) is 0 Å². The van der Waals surface area contributed by atoms with Crippen molar-refractivity contribution in [2.24, 2.45) is 0 Å². The predicted molar refractivity (Wildman–Crippen MR) is 143 cm³/mol. The molecule has 2 aromatic heterocycles. The Kier molecular flexibility index (Phi) is 6.28. The fourth-order valence-corrected chi connectivity index (χ4v) is 6.54. The van der Waals surface area contributed by atoms with Gasteiger partial charge in [0.15, 0.2) is 5.60 Å². The van der Waals surface area contributed by atoms with Crippen molar-refractivity contribution < 1.29 is 28.4 Å². The number of carbonyl (C=O) groups excluding carboxylic acids is 2. The number of aryl methyl sites for hydroxylation is 1. The molecule has 3 aliphatic rings. The highest BCUT2D eigenvalue weighted by molar-refractivity contribution is 7.93. The van der Waals surface area contributed by atoms with Crippen molar-refractivity contribution in [3.63, 3.8) is 0 Å². The van der Waals surface area contributed by atoms with Gasteiger partial charge in [0.2, 0.25) is 5.91 Å². The summed E-state index contributed by atoms with van der Waals surface area (Å²) in [5.74, 6) is -0.870. The normalized spacial score (nSPS) is 20.8. The SMILES string of the molecule is CC[C@@]1(O)C(=O)OCc2c1cc1n(c2=O)Cc2c-1nc1cc(F)c(C)c3c1c2[C@@H](NC(=O)CCCSO)CC3. The highest BCUT2D eigenvalue weighted by Gasteiger charge is 2.46. The van der Waals surface area contributed by atoms with E-state index in [9.17, 15) is 23.9 Å². The number of cyclic esters (lactones) is 1. The van der Waals surface area contributed by atoms with Crippen LogP contribution in [-0.2, 0) is 39.5 Å². The maximum atomic E-state index is 15.0. The predicted octanol–water partition coefficient (Wildman–Crippen LogP) is 3.62. The molecule has 0 radical (unpaired) electrons. The van der Waals surface area contributed by atoms with Gasteiger partial charge in [0, 0.05) is 34.8 Å². The van der Waals surface area contributed by atoms with E-state index >= 15 is 0 Å². The maximum absolute atomic E-state index is 15.0. The average Bonchev–Trinajstić information content (AvgIpc) is 3.29. The molecule has 39 heavy (non-hydrogen) atoms. The molecule has 4 heterocycles. The molecule has 1 aromatic carbocycles. The summed E-state index contributed by atoms with van der Waals surface area (Å²) >= 11 is 0.697. The van der Waals surface area contributed by atoms with Crippen LogP contribution in [-0.4, -0.2) is 36.8 Å². The van der Waals surface area contributed by atoms with Gasteiger partial charge in [-0.2, -0.15) is 0 Å². The first-order chi connectivity index (χ1) is 18.7. The molecule has 2 aliphatic heterocycles. The second kappa shape index (κ2) is 9.42. The maximum Gasteiger partial charge on any atom is 0.343 e. The molecule has 3 N–H and O–H groups in total. The number of amides is 1. The summed E-state index contributed by atoms with van der Waals surface area (Å²) in [6, 6.07) is 2.65. The molecule has 204 valence electrons. The zero-order valence-corrected chi connectivity index (χ0v) is 22.4. The lowest BCUT2D eigenvalue weighted by atomic mass is 9.81. The van der Waals surface area contributed by atoms with Crippen LogP contribution in [0.25, 0.3) is 22.3 Å². The molecule has 11 heteroatoms. The lowest BCUT2D eigenvalue weighted by Crippen LogP contribution is -2.44. The number of hydrogen-bond acceptors (Lipinski definition) is 8. The monoisotopic (exact) mass is 553 g/mol. The van der Waals surface area contributed by atoms with Crippen molar-refractivity contribution in [1.82, 2.24) is 14.9 Å². The fourth-order valence-electron chi connectivity index (χ4n) is 6.26. The van der Waals surface area contributed by atoms with Crippen LogP contribution < -0.4 is 10.9 Å². The highest BCUT2D eigenvalue weighted by atomic mass is 32.2. The number of aromatic nitrogens is 2. The molecule has 1 aliphatic carbocycles. The van der Waals surface area contributed by atoms with E-state index in [2.05, 4.69) is 5.32 Å². The van der Waals surface area contributed by atoms with E-state index < -0.39 is 11.6 Å². The van der Waals surface area contributed by atoms with Gasteiger partial charge in [0.25, 0.3) is 5.56 Å². The van der Waals surface area contributed by atoms with Gasteiger partial charge in [-0.25, -0.2) is 14.2 Å². The van der Waals surface area contributed by atoms with Crippen LogP contribution in [0, 0.1) is 12.7 Å². The van der Waals surface area contributed by atoms with E-state index in [4.69, 9.17) is 14.3 Å². The van der Waals surface area contributed by atoms with Crippen molar-refractivity contribution in [1.29, 1.82) is 0 Å². The first kappa shape index (κ1) is 26.0. The second-order valence-electron chi connectivity index (χ2n) is 10.4. The number of rotatable bonds is 6. The van der Waals surface area contributed by atoms with Crippen LogP contribution in [0.4, 0.5) is 4.39 Å². The summed E-state index contributed by atoms with van der Waals surface area (Å²) in [6.07, 6.45) is 1.93. The second-order valence-corrected chi connectivity index (χ2v) is 11.1. The molecule has 0 saturated carbocycles. The number of halogens is 1. The Morgan fingerprint density at radius 2 is 2.10 bits per heavy atom. The van der Waals surface area contributed by atoms with E-state index in [1.165, 1.54) is 6.07 Å². The standard InChI is InChI=1S/C28H28FN3O6S/c1-3-28(36)17-9-21-25-15(11-32(21)26(34)16(17)12-38-27(28)35)24-19(30-22(33)5-4-8-39-37)7-6-14-13(2)18(29)10-20(31-25)23(14)24/h9-10,19,36-37H,3-8,11-12H2,1-2H3,(H,30,33)/t19-,28-/m0/s1. The van der Waals surface area contributed by atoms with Crippen LogP contribution in [0.1, 0.15) is 72.0 Å². The van der Waals surface area contributed by atoms with E-state index in [0.717, 1.165) is 22.1 Å². The first-order valence-electron chi connectivity index (χ1n) is 13.1. The van der Waals surface area contributed by atoms with E-state index in [0.29, 0.717) is 59.5 Å². The summed E-state index contributed by atoms with van der Waals surface area (Å²) in [5.41, 5.74) is 2.43. The number of nitrogens with one attached hydrogen (secondary N) is 1. The Labute approximate surface area is 227 Å². The average molecular weight is 554 g/mol. The van der Waals surface area contributed by atoms with E-state index in [1.807, 2.05) is 0 Å². The van der Waals surface area contributed by atoms with E-state index in [-0.39, 0.29) is 60.4 Å². The minimum Gasteiger partial charge on any atom is -0.458 e. The van der Waals surface area contributed by atoms with E-state index in [1.54, 1.807) is 24.5 Å². The summed E-state index contributed by atoms with van der Waals surface area (Å²) < 4.78 is 30.7. The summed E-state index contributed by atoms with van der Waals surface area (Å²) in [5, 5.41) is 15.1. The van der Waals surface area contributed by atoms with Gasteiger partial charge in [-0.1, -0.05) is 6.92 Å². The van der Waals surface area contributed by atoms with Crippen LogP contribution in [0.3, 0.4) is 0 Å². The molecule has 6 rings (SSSR count). The molecule has 9 nitrogen and oxygen atoms in total. The number of ether oxygens (including phenoxy) is 1. The number of benzene rings is 1. The molecular weight excluding hydrogens is 525 g/mol. The Balaban J connectivity index is 1.56.